The molecule has 0 saturated heterocycles. The quantitative estimate of drug-likeness (QED) is 0.290. The predicted octanol–water partition coefficient (Wildman–Crippen LogP) is 7.65. The van der Waals surface area contributed by atoms with Gasteiger partial charge >= 0.3 is 0 Å². The van der Waals surface area contributed by atoms with Crippen LogP contribution < -0.4 is 0 Å². The Kier molecular flexibility index (Phi) is 5.06. The highest BCUT2D eigenvalue weighted by molar-refractivity contribution is 7.17. The zero-order valence-electron chi connectivity index (χ0n) is 18.1. The Morgan fingerprint density at radius 2 is 1.36 bits per heavy atom. The number of benzene rings is 4. The third-order valence-corrected chi connectivity index (χ3v) is 7.32. The maximum absolute atomic E-state index is 11.5. The molecule has 0 radical (unpaired) electrons. The molecule has 6 rings (SSSR count). The Morgan fingerprint density at radius 1 is 0.667 bits per heavy atom. The minimum absolute atomic E-state index is 0.686. The van der Waals surface area contributed by atoms with Crippen molar-refractivity contribution in [2.75, 3.05) is 0 Å². The minimum atomic E-state index is -0.686. The molecular weight excluding hydrogens is 422 g/mol. The highest BCUT2D eigenvalue weighted by Crippen LogP contribution is 2.40. The van der Waals surface area contributed by atoms with Crippen LogP contribution in [0.5, 0.6) is 0 Å². The van der Waals surface area contributed by atoms with Crippen molar-refractivity contribution >= 4 is 32.3 Å². The zero-order valence-corrected chi connectivity index (χ0v) is 18.9. The maximum atomic E-state index is 11.5. The molecule has 4 aromatic carbocycles. The van der Waals surface area contributed by atoms with Crippen LogP contribution in [0.2, 0.25) is 0 Å². The van der Waals surface area contributed by atoms with Gasteiger partial charge in [0.05, 0.1) is 0 Å². The highest BCUT2D eigenvalue weighted by Gasteiger charge is 2.21. The molecule has 0 spiro atoms. The summed E-state index contributed by atoms with van der Waals surface area (Å²) in [6.07, 6.45) is 1.54. The van der Waals surface area contributed by atoms with E-state index in [2.05, 4.69) is 101 Å². The van der Waals surface area contributed by atoms with Gasteiger partial charge in [-0.25, -0.2) is 0 Å². The lowest BCUT2D eigenvalue weighted by Crippen LogP contribution is -2.01. The highest BCUT2D eigenvalue weighted by atomic mass is 32.1. The number of fused-ring (bicyclic) bond motifs is 2. The van der Waals surface area contributed by atoms with E-state index in [1.807, 2.05) is 18.2 Å². The molecule has 2 aromatic heterocycles. The van der Waals surface area contributed by atoms with Crippen molar-refractivity contribution in [1.29, 1.82) is 0 Å². The number of aliphatic hydroxyl groups excluding tert-OH is 1. The third-order valence-electron chi connectivity index (χ3n) is 6.34. The largest absolute Gasteiger partial charge is 0.384 e. The van der Waals surface area contributed by atoms with Gasteiger partial charge in [0.15, 0.2) is 0 Å². The molecule has 0 aliphatic rings. The number of para-hydroxylation sites is 1. The first-order chi connectivity index (χ1) is 16.3. The molecular formula is C30H23NOS. The molecule has 1 N–H and O–H groups in total. The standard InChI is InChI=1S/C30H23NOS/c32-30(27-20-33-29-17-9-7-14-24(27)29)25-15-5-4-12-22(25)26-19-31(18-21-10-2-1-3-11-21)28-16-8-6-13-23(26)28/h1-17,19-20,30,32H,18H2. The normalized spacial score (nSPS) is 12.4. The smallest absolute Gasteiger partial charge is 0.106 e. The van der Waals surface area contributed by atoms with Crippen LogP contribution in [0.15, 0.2) is 115 Å². The lowest BCUT2D eigenvalue weighted by atomic mass is 9.92. The Balaban J connectivity index is 1.49. The molecule has 0 aliphatic heterocycles. The lowest BCUT2D eigenvalue weighted by molar-refractivity contribution is 0.223. The van der Waals surface area contributed by atoms with Crippen molar-refractivity contribution in [1.82, 2.24) is 4.57 Å². The summed E-state index contributed by atoms with van der Waals surface area (Å²) in [5.74, 6) is 0. The summed E-state index contributed by atoms with van der Waals surface area (Å²) in [5, 5.41) is 15.9. The van der Waals surface area contributed by atoms with E-state index in [0.29, 0.717) is 0 Å². The molecule has 160 valence electrons. The second-order valence-corrected chi connectivity index (χ2v) is 9.26. The van der Waals surface area contributed by atoms with E-state index in [1.165, 1.54) is 21.2 Å². The van der Waals surface area contributed by atoms with E-state index in [4.69, 9.17) is 0 Å². The molecule has 0 amide bonds. The van der Waals surface area contributed by atoms with E-state index in [-0.39, 0.29) is 0 Å². The second kappa shape index (κ2) is 8.36. The van der Waals surface area contributed by atoms with E-state index < -0.39 is 6.10 Å². The van der Waals surface area contributed by atoms with E-state index >= 15 is 0 Å². The van der Waals surface area contributed by atoms with Gasteiger partial charge in [0, 0.05) is 39.5 Å². The van der Waals surface area contributed by atoms with E-state index in [9.17, 15) is 5.11 Å². The summed E-state index contributed by atoms with van der Waals surface area (Å²) in [7, 11) is 0. The fourth-order valence-corrected chi connectivity index (χ4v) is 5.71. The monoisotopic (exact) mass is 445 g/mol. The maximum Gasteiger partial charge on any atom is 0.106 e. The molecule has 33 heavy (non-hydrogen) atoms. The Labute approximate surface area is 197 Å². The predicted molar refractivity (Wildman–Crippen MR) is 139 cm³/mol. The van der Waals surface area contributed by atoms with Crippen molar-refractivity contribution < 1.29 is 5.11 Å². The summed E-state index contributed by atoms with van der Waals surface area (Å²) in [5.41, 5.74) is 6.59. The van der Waals surface area contributed by atoms with Crippen LogP contribution in [0.25, 0.3) is 32.1 Å². The van der Waals surface area contributed by atoms with Crippen molar-refractivity contribution in [2.45, 2.75) is 12.6 Å². The SMILES string of the molecule is OC(c1ccccc1-c1cn(Cc2ccccc2)c2ccccc12)c1csc2ccccc12. The Hall–Kier alpha value is -3.66. The van der Waals surface area contributed by atoms with Crippen LogP contribution in [-0.2, 0) is 6.54 Å². The molecule has 1 unspecified atom stereocenters. The molecule has 0 bridgehead atoms. The first kappa shape index (κ1) is 20.0. The molecule has 3 heteroatoms. The summed E-state index contributed by atoms with van der Waals surface area (Å²) in [4.78, 5) is 0. The van der Waals surface area contributed by atoms with Gasteiger partial charge in [0.25, 0.3) is 0 Å². The van der Waals surface area contributed by atoms with Crippen LogP contribution >= 0.6 is 11.3 Å². The summed E-state index contributed by atoms with van der Waals surface area (Å²) >= 11 is 1.68. The van der Waals surface area contributed by atoms with Gasteiger partial charge in [-0.2, -0.15) is 0 Å². The molecule has 0 saturated carbocycles. The van der Waals surface area contributed by atoms with Crippen molar-refractivity contribution in [3.8, 4) is 11.1 Å². The van der Waals surface area contributed by atoms with E-state index in [0.717, 1.165) is 34.2 Å². The molecule has 0 fully saturated rings. The van der Waals surface area contributed by atoms with Crippen molar-refractivity contribution in [2.24, 2.45) is 0 Å². The summed E-state index contributed by atoms with van der Waals surface area (Å²) in [6, 6.07) is 35.6. The molecule has 2 nitrogen and oxygen atoms in total. The van der Waals surface area contributed by atoms with Crippen LogP contribution in [0.4, 0.5) is 0 Å². The molecule has 2 heterocycles. The van der Waals surface area contributed by atoms with Gasteiger partial charge in [-0.05, 0) is 39.6 Å². The fourth-order valence-electron chi connectivity index (χ4n) is 4.73. The molecule has 0 aliphatic carbocycles. The molecule has 1 atom stereocenters. The van der Waals surface area contributed by atoms with Gasteiger partial charge in [0.1, 0.15) is 6.10 Å². The third kappa shape index (κ3) is 3.56. The van der Waals surface area contributed by atoms with Crippen LogP contribution in [0.1, 0.15) is 22.8 Å². The second-order valence-electron chi connectivity index (χ2n) is 8.35. The number of aromatic nitrogens is 1. The topological polar surface area (TPSA) is 25.2 Å². The van der Waals surface area contributed by atoms with E-state index in [1.54, 1.807) is 11.3 Å². The first-order valence-electron chi connectivity index (χ1n) is 11.1. The first-order valence-corrected chi connectivity index (χ1v) is 12.0. The van der Waals surface area contributed by atoms with Crippen LogP contribution in [0, 0.1) is 0 Å². The number of hydrogen-bond donors (Lipinski definition) is 1. The minimum Gasteiger partial charge on any atom is -0.384 e. The summed E-state index contributed by atoms with van der Waals surface area (Å²) < 4.78 is 3.51. The van der Waals surface area contributed by atoms with Gasteiger partial charge in [-0.1, -0.05) is 91.0 Å². The van der Waals surface area contributed by atoms with Crippen molar-refractivity contribution in [3.05, 3.63) is 131 Å². The fraction of sp³-hybridized carbons (Fsp3) is 0.0667. The average Bonchev–Trinajstić information content (AvgIpc) is 3.46. The van der Waals surface area contributed by atoms with Gasteiger partial charge in [-0.15, -0.1) is 11.3 Å². The Bertz CT molecular complexity index is 1560. The number of rotatable bonds is 5. The Morgan fingerprint density at radius 3 is 2.24 bits per heavy atom. The van der Waals surface area contributed by atoms with Gasteiger partial charge < -0.3 is 9.67 Å². The zero-order chi connectivity index (χ0) is 22.2. The average molecular weight is 446 g/mol. The number of aliphatic hydroxyl groups is 1. The van der Waals surface area contributed by atoms with Gasteiger partial charge in [-0.3, -0.25) is 0 Å². The van der Waals surface area contributed by atoms with Crippen LogP contribution in [0.3, 0.4) is 0 Å². The summed E-state index contributed by atoms with van der Waals surface area (Å²) in [6.45, 7) is 0.807. The molecule has 6 aromatic rings. The number of thiophene rings is 1. The lowest BCUT2D eigenvalue weighted by Gasteiger charge is -2.15. The number of nitrogens with zero attached hydrogens (tertiary/aromatic N) is 1. The van der Waals surface area contributed by atoms with Crippen molar-refractivity contribution in [3.63, 3.8) is 0 Å². The number of hydrogen-bond acceptors (Lipinski definition) is 2. The van der Waals surface area contributed by atoms with Crippen LogP contribution in [-0.4, -0.2) is 9.67 Å². The van der Waals surface area contributed by atoms with Gasteiger partial charge in [0.2, 0.25) is 0 Å².